The highest BCUT2D eigenvalue weighted by molar-refractivity contribution is 6.09. The average Bonchev–Trinajstić information content (AvgIpc) is 3.19. The number of ether oxygens (including phenoxy) is 3. The van der Waals surface area contributed by atoms with Crippen molar-refractivity contribution in [1.82, 2.24) is 0 Å². The number of carbonyl (C=O) groups excluding carboxylic acids is 1. The van der Waals surface area contributed by atoms with Crippen LogP contribution in [0, 0.1) is 0 Å². The summed E-state index contributed by atoms with van der Waals surface area (Å²) in [6.07, 6.45) is 0. The lowest BCUT2D eigenvalue weighted by Gasteiger charge is -2.32. The highest BCUT2D eigenvalue weighted by Crippen LogP contribution is 2.51. The van der Waals surface area contributed by atoms with Gasteiger partial charge in [-0.05, 0) is 102 Å². The maximum absolute atomic E-state index is 13.6. The summed E-state index contributed by atoms with van der Waals surface area (Å²) < 4.78 is 18.4. The molecule has 9 rings (SSSR count). The number of nitrogens with zero attached hydrogens (tertiary/aromatic N) is 2. The van der Waals surface area contributed by atoms with E-state index in [2.05, 4.69) is 46.2 Å². The first-order valence-electron chi connectivity index (χ1n) is 16.9. The lowest BCUT2D eigenvalue weighted by molar-refractivity contribution is 0.103. The monoisotopic (exact) mass is 664 g/mol. The number of fused-ring (bicyclic) bond motifs is 4. The van der Waals surface area contributed by atoms with E-state index in [1.54, 1.807) is 0 Å². The largest absolute Gasteiger partial charge is 0.453 e. The molecule has 0 N–H and O–H groups in total. The number of ketones is 1. The summed E-state index contributed by atoms with van der Waals surface area (Å²) in [7, 11) is 0. The summed E-state index contributed by atoms with van der Waals surface area (Å²) in [6, 6.07) is 55.9. The van der Waals surface area contributed by atoms with Gasteiger partial charge in [0.15, 0.2) is 28.8 Å². The predicted octanol–water partition coefficient (Wildman–Crippen LogP) is 11.8. The first kappa shape index (κ1) is 30.4. The third-order valence-electron chi connectivity index (χ3n) is 9.17. The molecule has 2 aliphatic rings. The van der Waals surface area contributed by atoms with E-state index in [0.29, 0.717) is 24.3 Å². The number of benzene rings is 7. The van der Waals surface area contributed by atoms with Gasteiger partial charge in [0.1, 0.15) is 0 Å². The van der Waals surface area contributed by atoms with Crippen molar-refractivity contribution in [2.45, 2.75) is 13.2 Å². The molecule has 0 spiro atoms. The third-order valence-corrected chi connectivity index (χ3v) is 9.17. The van der Waals surface area contributed by atoms with Crippen molar-refractivity contribution in [3.05, 3.63) is 192 Å². The Hall–Kier alpha value is -6.63. The molecule has 0 amide bonds. The molecule has 0 bridgehead atoms. The quantitative estimate of drug-likeness (QED) is 0.151. The molecule has 6 nitrogen and oxygen atoms in total. The van der Waals surface area contributed by atoms with Gasteiger partial charge in [0.2, 0.25) is 0 Å². The van der Waals surface area contributed by atoms with Crippen molar-refractivity contribution in [2.24, 2.45) is 0 Å². The number of hydrogen-bond donors (Lipinski definition) is 0. The van der Waals surface area contributed by atoms with E-state index in [4.69, 9.17) is 14.2 Å². The number of para-hydroxylation sites is 8. The highest BCUT2D eigenvalue weighted by Gasteiger charge is 2.26. The first-order chi connectivity index (χ1) is 25.2. The van der Waals surface area contributed by atoms with Crippen LogP contribution in [-0.2, 0) is 18.0 Å². The predicted molar refractivity (Wildman–Crippen MR) is 201 cm³/mol. The van der Waals surface area contributed by atoms with E-state index >= 15 is 0 Å². The topological polar surface area (TPSA) is 51.2 Å². The Bertz CT molecular complexity index is 2300. The van der Waals surface area contributed by atoms with E-state index < -0.39 is 0 Å². The van der Waals surface area contributed by atoms with E-state index in [0.717, 1.165) is 68.2 Å². The molecule has 0 saturated carbocycles. The molecule has 246 valence electrons. The zero-order valence-corrected chi connectivity index (χ0v) is 27.6. The van der Waals surface area contributed by atoms with E-state index in [1.807, 2.05) is 133 Å². The second-order valence-corrected chi connectivity index (χ2v) is 12.5. The fourth-order valence-corrected chi connectivity index (χ4v) is 6.72. The molecule has 7 aromatic carbocycles. The summed E-state index contributed by atoms with van der Waals surface area (Å²) in [5, 5.41) is 0. The van der Waals surface area contributed by atoms with Gasteiger partial charge >= 0.3 is 0 Å². The smallest absolute Gasteiger partial charge is 0.193 e. The molecule has 0 radical (unpaired) electrons. The second-order valence-electron chi connectivity index (χ2n) is 12.5. The number of carbonyl (C=O) groups is 1. The SMILES string of the molecule is O=C(c1ccc(N2c3ccccc3Oc3ccccc32)cc1)c1cccc(COCc2ccc(N3c4ccccc4Oc4ccccc43)cc2)c1. The van der Waals surface area contributed by atoms with E-state index in [1.165, 1.54) is 0 Å². The van der Waals surface area contributed by atoms with Gasteiger partial charge in [-0.15, -0.1) is 0 Å². The van der Waals surface area contributed by atoms with Gasteiger partial charge in [0.05, 0.1) is 36.0 Å². The normalized spacial score (nSPS) is 12.5. The Kier molecular flexibility index (Phi) is 7.76. The molecule has 6 heteroatoms. The second kappa shape index (κ2) is 13.0. The molecule has 0 aliphatic carbocycles. The Morgan fingerprint density at radius 1 is 0.431 bits per heavy atom. The van der Waals surface area contributed by atoms with Gasteiger partial charge in [-0.2, -0.15) is 0 Å². The highest BCUT2D eigenvalue weighted by atomic mass is 16.5. The molecular weight excluding hydrogens is 633 g/mol. The minimum Gasteiger partial charge on any atom is -0.453 e. The number of hydrogen-bond acceptors (Lipinski definition) is 6. The van der Waals surface area contributed by atoms with Crippen LogP contribution < -0.4 is 19.3 Å². The summed E-state index contributed by atoms with van der Waals surface area (Å²) >= 11 is 0. The maximum Gasteiger partial charge on any atom is 0.193 e. The van der Waals surface area contributed by atoms with Crippen molar-refractivity contribution in [3.8, 4) is 23.0 Å². The Labute approximate surface area is 296 Å². The fourth-order valence-electron chi connectivity index (χ4n) is 6.72. The van der Waals surface area contributed by atoms with Gasteiger partial charge in [0.25, 0.3) is 0 Å². The third kappa shape index (κ3) is 5.78. The van der Waals surface area contributed by atoms with Crippen LogP contribution in [0.15, 0.2) is 170 Å². The van der Waals surface area contributed by atoms with Crippen LogP contribution in [0.2, 0.25) is 0 Å². The Balaban J connectivity index is 0.870. The van der Waals surface area contributed by atoms with Gasteiger partial charge in [-0.1, -0.05) is 78.9 Å². The first-order valence-corrected chi connectivity index (χ1v) is 16.9. The summed E-state index contributed by atoms with van der Waals surface area (Å²) in [6.45, 7) is 0.839. The molecule has 2 heterocycles. The Morgan fingerprint density at radius 3 is 1.35 bits per heavy atom. The zero-order chi connectivity index (χ0) is 34.1. The van der Waals surface area contributed by atoms with Crippen molar-refractivity contribution >= 4 is 39.9 Å². The summed E-state index contributed by atoms with van der Waals surface area (Å²) in [5.41, 5.74) is 9.14. The molecule has 2 aliphatic heterocycles. The lowest BCUT2D eigenvalue weighted by atomic mass is 10.0. The average molecular weight is 665 g/mol. The van der Waals surface area contributed by atoms with Crippen LogP contribution >= 0.6 is 0 Å². The molecular formula is C45H32N2O4. The number of anilines is 6. The fraction of sp³-hybridized carbons (Fsp3) is 0.0444. The molecule has 0 aromatic heterocycles. The van der Waals surface area contributed by atoms with Crippen LogP contribution in [0.5, 0.6) is 23.0 Å². The van der Waals surface area contributed by atoms with E-state index in [-0.39, 0.29) is 5.78 Å². The Morgan fingerprint density at radius 2 is 0.863 bits per heavy atom. The minimum atomic E-state index is -0.0342. The van der Waals surface area contributed by atoms with Gasteiger partial charge in [-0.25, -0.2) is 0 Å². The molecule has 0 saturated heterocycles. The zero-order valence-electron chi connectivity index (χ0n) is 27.6. The molecule has 51 heavy (non-hydrogen) atoms. The maximum atomic E-state index is 13.6. The van der Waals surface area contributed by atoms with Crippen LogP contribution in [0.25, 0.3) is 0 Å². The molecule has 0 fully saturated rings. The van der Waals surface area contributed by atoms with Crippen LogP contribution in [-0.4, -0.2) is 5.78 Å². The van der Waals surface area contributed by atoms with Gasteiger partial charge in [0, 0.05) is 22.5 Å². The minimum absolute atomic E-state index is 0.0342. The number of rotatable bonds is 8. The van der Waals surface area contributed by atoms with Crippen LogP contribution in [0.3, 0.4) is 0 Å². The summed E-state index contributed by atoms with van der Waals surface area (Å²) in [5.74, 6) is 3.20. The molecule has 7 aromatic rings. The van der Waals surface area contributed by atoms with Crippen LogP contribution in [0.1, 0.15) is 27.0 Å². The van der Waals surface area contributed by atoms with Crippen LogP contribution in [0.4, 0.5) is 34.1 Å². The van der Waals surface area contributed by atoms with Crippen molar-refractivity contribution in [1.29, 1.82) is 0 Å². The van der Waals surface area contributed by atoms with Crippen molar-refractivity contribution in [2.75, 3.05) is 9.80 Å². The van der Waals surface area contributed by atoms with Crippen molar-refractivity contribution < 1.29 is 19.0 Å². The van der Waals surface area contributed by atoms with Gasteiger partial charge in [-0.3, -0.25) is 4.79 Å². The standard InChI is InChI=1S/C45H32N2O4/c48-45(33-22-26-36(27-23-33)47-39-14-3-7-18-43(39)51-44-19-8-4-15-40(44)47)34-11-9-10-32(28-34)30-49-29-31-20-24-35(25-21-31)46-37-12-1-5-16-41(37)50-42-17-6-2-13-38(42)46/h1-28H,29-30H2. The molecule has 0 unspecified atom stereocenters. The summed E-state index contributed by atoms with van der Waals surface area (Å²) in [4.78, 5) is 18.0. The molecule has 0 atom stereocenters. The lowest BCUT2D eigenvalue weighted by Crippen LogP contribution is -2.15. The van der Waals surface area contributed by atoms with Crippen molar-refractivity contribution in [3.63, 3.8) is 0 Å². The van der Waals surface area contributed by atoms with Gasteiger partial charge < -0.3 is 24.0 Å². The van der Waals surface area contributed by atoms with E-state index in [9.17, 15) is 4.79 Å².